The van der Waals surface area contributed by atoms with E-state index in [0.29, 0.717) is 19.2 Å². The molecule has 0 spiro atoms. The van der Waals surface area contributed by atoms with E-state index >= 15 is 0 Å². The van der Waals surface area contributed by atoms with E-state index in [1.165, 1.54) is 0 Å². The zero-order chi connectivity index (χ0) is 7.98. The Bertz CT molecular complexity index is 76.0. The molecule has 3 nitrogen and oxygen atoms in total. The van der Waals surface area contributed by atoms with Crippen LogP contribution in [0.15, 0.2) is 0 Å². The van der Waals surface area contributed by atoms with E-state index in [1.807, 2.05) is 13.8 Å². The first-order chi connectivity index (χ1) is 4.66. The Morgan fingerprint density at radius 1 is 1.50 bits per heavy atom. The zero-order valence-corrected chi connectivity index (χ0v) is 6.92. The molecule has 10 heavy (non-hydrogen) atoms. The first kappa shape index (κ1) is 9.88. The van der Waals surface area contributed by atoms with Crippen LogP contribution < -0.4 is 5.32 Å². The van der Waals surface area contributed by atoms with Crippen LogP contribution in [0.1, 0.15) is 13.8 Å². The first-order valence-electron chi connectivity index (χ1n) is 3.57. The van der Waals surface area contributed by atoms with Gasteiger partial charge in [-0.25, -0.2) is 0 Å². The van der Waals surface area contributed by atoms with Crippen molar-refractivity contribution in [1.82, 2.24) is 5.32 Å². The van der Waals surface area contributed by atoms with Crippen molar-refractivity contribution >= 4 is 0 Å². The first-order valence-corrected chi connectivity index (χ1v) is 3.57. The van der Waals surface area contributed by atoms with Crippen LogP contribution in [-0.4, -0.2) is 37.5 Å². The van der Waals surface area contributed by atoms with Gasteiger partial charge in [-0.15, -0.1) is 0 Å². The number of rotatable bonds is 5. The Balaban J connectivity index is 3.12. The summed E-state index contributed by atoms with van der Waals surface area (Å²) in [7, 11) is 1.58. The molecule has 0 saturated heterocycles. The maximum atomic E-state index is 9.11. The number of ether oxygens (including phenoxy) is 1. The van der Waals surface area contributed by atoms with Crippen LogP contribution >= 0.6 is 0 Å². The molecular weight excluding hydrogens is 130 g/mol. The third kappa shape index (κ3) is 6.01. The topological polar surface area (TPSA) is 41.5 Å². The minimum Gasteiger partial charge on any atom is -0.389 e. The van der Waals surface area contributed by atoms with Gasteiger partial charge in [0.05, 0.1) is 12.7 Å². The normalized spacial score (nSPS) is 14.1. The molecule has 0 aromatic heterocycles. The molecule has 0 aliphatic heterocycles. The SMILES string of the molecule is COCC(O)CNC(C)C. The molecule has 0 heterocycles. The average molecular weight is 147 g/mol. The minimum atomic E-state index is -0.382. The summed E-state index contributed by atoms with van der Waals surface area (Å²) in [6.45, 7) is 5.09. The second-order valence-electron chi connectivity index (χ2n) is 2.67. The third-order valence-corrected chi connectivity index (χ3v) is 1.12. The van der Waals surface area contributed by atoms with Gasteiger partial charge in [0, 0.05) is 19.7 Å². The van der Waals surface area contributed by atoms with Crippen LogP contribution in [0.2, 0.25) is 0 Å². The molecule has 2 N–H and O–H groups in total. The van der Waals surface area contributed by atoms with Gasteiger partial charge in [0.15, 0.2) is 0 Å². The Kier molecular flexibility index (Phi) is 5.58. The number of methoxy groups -OCH3 is 1. The van der Waals surface area contributed by atoms with Crippen LogP contribution in [0.4, 0.5) is 0 Å². The highest BCUT2D eigenvalue weighted by atomic mass is 16.5. The smallest absolute Gasteiger partial charge is 0.0897 e. The lowest BCUT2D eigenvalue weighted by Crippen LogP contribution is -2.34. The molecule has 0 amide bonds. The second-order valence-corrected chi connectivity index (χ2v) is 2.67. The fraction of sp³-hybridized carbons (Fsp3) is 1.00. The molecule has 0 aliphatic carbocycles. The van der Waals surface area contributed by atoms with E-state index in [2.05, 4.69) is 5.32 Å². The van der Waals surface area contributed by atoms with Crippen LogP contribution in [0.3, 0.4) is 0 Å². The van der Waals surface area contributed by atoms with E-state index in [1.54, 1.807) is 7.11 Å². The third-order valence-electron chi connectivity index (χ3n) is 1.12. The average Bonchev–Trinajstić information content (AvgIpc) is 1.85. The van der Waals surface area contributed by atoms with Gasteiger partial charge >= 0.3 is 0 Å². The van der Waals surface area contributed by atoms with Crippen LogP contribution in [0.5, 0.6) is 0 Å². The second kappa shape index (κ2) is 5.65. The summed E-state index contributed by atoms with van der Waals surface area (Å²) in [4.78, 5) is 0. The summed E-state index contributed by atoms with van der Waals surface area (Å²) < 4.78 is 4.75. The maximum Gasteiger partial charge on any atom is 0.0897 e. The van der Waals surface area contributed by atoms with Crippen molar-refractivity contribution in [2.24, 2.45) is 0 Å². The van der Waals surface area contributed by atoms with Gasteiger partial charge in [0.1, 0.15) is 0 Å². The lowest BCUT2D eigenvalue weighted by Gasteiger charge is -2.12. The number of nitrogens with one attached hydrogen (secondary N) is 1. The van der Waals surface area contributed by atoms with Gasteiger partial charge in [-0.2, -0.15) is 0 Å². The summed E-state index contributed by atoms with van der Waals surface area (Å²) in [6.07, 6.45) is -0.382. The molecule has 62 valence electrons. The van der Waals surface area contributed by atoms with Crippen molar-refractivity contribution in [3.05, 3.63) is 0 Å². The van der Waals surface area contributed by atoms with E-state index in [4.69, 9.17) is 9.84 Å². The number of aliphatic hydroxyl groups is 1. The highest BCUT2D eigenvalue weighted by Gasteiger charge is 2.02. The number of hydrogen-bond acceptors (Lipinski definition) is 3. The van der Waals surface area contributed by atoms with Crippen LogP contribution in [-0.2, 0) is 4.74 Å². The standard InChI is InChI=1S/C7H17NO2/c1-6(2)8-4-7(9)5-10-3/h6-9H,4-5H2,1-3H3. The quantitative estimate of drug-likeness (QED) is 0.575. The van der Waals surface area contributed by atoms with Gasteiger partial charge < -0.3 is 15.2 Å². The van der Waals surface area contributed by atoms with E-state index in [9.17, 15) is 0 Å². The summed E-state index contributed by atoms with van der Waals surface area (Å²) in [6, 6.07) is 0.423. The molecule has 0 rings (SSSR count). The van der Waals surface area contributed by atoms with Gasteiger partial charge in [-0.05, 0) is 0 Å². The van der Waals surface area contributed by atoms with Crippen molar-refractivity contribution < 1.29 is 9.84 Å². The Hall–Kier alpha value is -0.120. The van der Waals surface area contributed by atoms with Crippen molar-refractivity contribution in [1.29, 1.82) is 0 Å². The molecule has 3 heteroatoms. The Labute approximate surface area is 62.4 Å². The van der Waals surface area contributed by atoms with Crippen LogP contribution in [0.25, 0.3) is 0 Å². The molecule has 1 atom stereocenters. The molecule has 0 aromatic rings. The predicted octanol–water partition coefficient (Wildman–Crippen LogP) is -0.00830. The van der Waals surface area contributed by atoms with Gasteiger partial charge in [-0.3, -0.25) is 0 Å². The van der Waals surface area contributed by atoms with Crippen molar-refractivity contribution in [3.8, 4) is 0 Å². The largest absolute Gasteiger partial charge is 0.389 e. The summed E-state index contributed by atoms with van der Waals surface area (Å²) >= 11 is 0. The van der Waals surface area contributed by atoms with Crippen molar-refractivity contribution in [2.45, 2.75) is 26.0 Å². The van der Waals surface area contributed by atoms with Crippen molar-refractivity contribution in [3.63, 3.8) is 0 Å². The molecule has 0 fully saturated rings. The molecule has 0 aliphatic rings. The Morgan fingerprint density at radius 3 is 2.50 bits per heavy atom. The predicted molar refractivity (Wildman–Crippen MR) is 41.0 cm³/mol. The fourth-order valence-electron chi connectivity index (χ4n) is 0.623. The van der Waals surface area contributed by atoms with Crippen LogP contribution in [0, 0.1) is 0 Å². The van der Waals surface area contributed by atoms with Gasteiger partial charge in [0.25, 0.3) is 0 Å². The Morgan fingerprint density at radius 2 is 2.10 bits per heavy atom. The van der Waals surface area contributed by atoms with E-state index in [-0.39, 0.29) is 6.10 Å². The molecule has 1 unspecified atom stereocenters. The monoisotopic (exact) mass is 147 g/mol. The van der Waals surface area contributed by atoms with E-state index in [0.717, 1.165) is 0 Å². The van der Waals surface area contributed by atoms with Crippen molar-refractivity contribution in [2.75, 3.05) is 20.3 Å². The van der Waals surface area contributed by atoms with Gasteiger partial charge in [0.2, 0.25) is 0 Å². The molecule has 0 saturated carbocycles. The zero-order valence-electron chi connectivity index (χ0n) is 6.92. The number of aliphatic hydroxyl groups excluding tert-OH is 1. The molecule has 0 aromatic carbocycles. The summed E-state index contributed by atoms with van der Waals surface area (Å²) in [5, 5.41) is 12.2. The highest BCUT2D eigenvalue weighted by molar-refractivity contribution is 4.60. The highest BCUT2D eigenvalue weighted by Crippen LogP contribution is 1.83. The summed E-state index contributed by atoms with van der Waals surface area (Å²) in [5.41, 5.74) is 0. The molecular formula is C7H17NO2. The lowest BCUT2D eigenvalue weighted by atomic mass is 10.3. The molecule has 0 bridgehead atoms. The van der Waals surface area contributed by atoms with Gasteiger partial charge in [-0.1, -0.05) is 13.8 Å². The number of hydrogen-bond donors (Lipinski definition) is 2. The lowest BCUT2D eigenvalue weighted by molar-refractivity contribution is 0.0634. The fourth-order valence-corrected chi connectivity index (χ4v) is 0.623. The summed E-state index contributed by atoms with van der Waals surface area (Å²) in [5.74, 6) is 0. The maximum absolute atomic E-state index is 9.11. The van der Waals surface area contributed by atoms with E-state index < -0.39 is 0 Å². The molecule has 0 radical (unpaired) electrons. The minimum absolute atomic E-state index is 0.382.